The Morgan fingerprint density at radius 1 is 1.37 bits per heavy atom. The van der Waals surface area contributed by atoms with Gasteiger partial charge in [-0.3, -0.25) is 19.3 Å². The van der Waals surface area contributed by atoms with Crippen molar-refractivity contribution in [1.82, 2.24) is 10.2 Å². The van der Waals surface area contributed by atoms with Gasteiger partial charge in [0.05, 0.1) is 19.6 Å². The summed E-state index contributed by atoms with van der Waals surface area (Å²) in [6, 6.07) is 6.34. The summed E-state index contributed by atoms with van der Waals surface area (Å²) >= 11 is 0. The number of piperazine rings is 1. The molecule has 1 unspecified atom stereocenters. The van der Waals surface area contributed by atoms with Crippen molar-refractivity contribution in [2.45, 2.75) is 33.2 Å². The van der Waals surface area contributed by atoms with Crippen LogP contribution in [0.4, 0.5) is 5.69 Å². The Bertz CT molecular complexity index is 778. The zero-order valence-electron chi connectivity index (χ0n) is 17.9. The Balaban J connectivity index is 1.94. The summed E-state index contributed by atoms with van der Waals surface area (Å²) in [5, 5.41) is 5.56. The molecule has 0 aromatic heterocycles. The summed E-state index contributed by atoms with van der Waals surface area (Å²) in [6.07, 6.45) is -0.0872. The first kappa shape index (κ1) is 23.4. The molecule has 1 aromatic carbocycles. The first-order chi connectivity index (χ1) is 14.2. The van der Waals surface area contributed by atoms with E-state index in [1.54, 1.807) is 29.2 Å². The molecule has 2 rings (SSSR count). The fourth-order valence-corrected chi connectivity index (χ4v) is 2.90. The number of hydrogen-bond donors (Lipinski definition) is 2. The van der Waals surface area contributed by atoms with E-state index in [1.165, 1.54) is 0 Å². The SMILES string of the molecule is C=C(C)COc1cccc(NC(=O)CN2CCNC(=O)C2CC(=O)OCC(C)C)c1. The molecule has 0 bridgehead atoms. The highest BCUT2D eigenvalue weighted by Gasteiger charge is 2.33. The van der Waals surface area contributed by atoms with Crippen LogP contribution < -0.4 is 15.4 Å². The van der Waals surface area contributed by atoms with Crippen LogP contribution in [0.15, 0.2) is 36.4 Å². The zero-order chi connectivity index (χ0) is 22.1. The van der Waals surface area contributed by atoms with Crippen molar-refractivity contribution in [1.29, 1.82) is 0 Å². The van der Waals surface area contributed by atoms with Crippen LogP contribution in [0.3, 0.4) is 0 Å². The van der Waals surface area contributed by atoms with E-state index in [2.05, 4.69) is 17.2 Å². The molecule has 2 N–H and O–H groups in total. The van der Waals surface area contributed by atoms with Crippen molar-refractivity contribution in [3.8, 4) is 5.75 Å². The largest absolute Gasteiger partial charge is 0.489 e. The van der Waals surface area contributed by atoms with Crippen LogP contribution in [0.1, 0.15) is 27.2 Å². The van der Waals surface area contributed by atoms with Gasteiger partial charge < -0.3 is 20.1 Å². The number of nitrogens with one attached hydrogen (secondary N) is 2. The smallest absolute Gasteiger partial charge is 0.307 e. The average Bonchev–Trinajstić information content (AvgIpc) is 2.67. The lowest BCUT2D eigenvalue weighted by Crippen LogP contribution is -2.57. The predicted molar refractivity (Wildman–Crippen MR) is 114 cm³/mol. The lowest BCUT2D eigenvalue weighted by Gasteiger charge is -2.33. The van der Waals surface area contributed by atoms with Crippen molar-refractivity contribution in [2.75, 3.05) is 38.2 Å². The van der Waals surface area contributed by atoms with Crippen LogP contribution in [-0.4, -0.2) is 61.6 Å². The Morgan fingerprint density at radius 3 is 2.83 bits per heavy atom. The van der Waals surface area contributed by atoms with Crippen LogP contribution in [0.5, 0.6) is 5.75 Å². The van der Waals surface area contributed by atoms with Crippen LogP contribution in [0, 0.1) is 5.92 Å². The number of esters is 1. The van der Waals surface area contributed by atoms with E-state index in [4.69, 9.17) is 9.47 Å². The summed E-state index contributed by atoms with van der Waals surface area (Å²) in [5.41, 5.74) is 1.49. The Hall–Kier alpha value is -2.87. The second kappa shape index (κ2) is 11.3. The molecule has 0 saturated carbocycles. The van der Waals surface area contributed by atoms with Gasteiger partial charge in [0, 0.05) is 24.8 Å². The van der Waals surface area contributed by atoms with Crippen molar-refractivity contribution >= 4 is 23.5 Å². The molecule has 1 saturated heterocycles. The van der Waals surface area contributed by atoms with Gasteiger partial charge in [-0.05, 0) is 30.5 Å². The number of carbonyl (C=O) groups is 3. The summed E-state index contributed by atoms with van der Waals surface area (Å²) in [7, 11) is 0. The van der Waals surface area contributed by atoms with Crippen molar-refractivity contribution < 1.29 is 23.9 Å². The van der Waals surface area contributed by atoms with Crippen molar-refractivity contribution in [2.24, 2.45) is 5.92 Å². The van der Waals surface area contributed by atoms with Gasteiger partial charge in [-0.15, -0.1) is 0 Å². The maximum Gasteiger partial charge on any atom is 0.307 e. The van der Waals surface area contributed by atoms with E-state index in [1.807, 2.05) is 20.8 Å². The lowest BCUT2D eigenvalue weighted by molar-refractivity contribution is -0.149. The highest BCUT2D eigenvalue weighted by molar-refractivity contribution is 5.93. The molecule has 0 aliphatic carbocycles. The second-order valence-corrected chi connectivity index (χ2v) is 7.88. The monoisotopic (exact) mass is 417 g/mol. The second-order valence-electron chi connectivity index (χ2n) is 7.88. The molecule has 1 atom stereocenters. The number of hydrogen-bond acceptors (Lipinski definition) is 6. The van der Waals surface area contributed by atoms with E-state index in [9.17, 15) is 14.4 Å². The maximum absolute atomic E-state index is 12.6. The van der Waals surface area contributed by atoms with E-state index >= 15 is 0 Å². The summed E-state index contributed by atoms with van der Waals surface area (Å²) in [4.78, 5) is 38.6. The predicted octanol–water partition coefficient (Wildman–Crippen LogP) is 1.97. The van der Waals surface area contributed by atoms with Crippen molar-refractivity contribution in [3.63, 3.8) is 0 Å². The molecular formula is C22H31N3O5. The lowest BCUT2D eigenvalue weighted by atomic mass is 10.1. The number of ether oxygens (including phenoxy) is 2. The zero-order valence-corrected chi connectivity index (χ0v) is 17.9. The van der Waals surface area contributed by atoms with Gasteiger partial charge in [0.2, 0.25) is 11.8 Å². The number of carbonyl (C=O) groups excluding carboxylic acids is 3. The topological polar surface area (TPSA) is 97.0 Å². The molecule has 2 amide bonds. The Morgan fingerprint density at radius 2 is 2.13 bits per heavy atom. The number of benzene rings is 1. The van der Waals surface area contributed by atoms with Crippen LogP contribution in [-0.2, 0) is 19.1 Å². The molecule has 0 radical (unpaired) electrons. The highest BCUT2D eigenvalue weighted by Crippen LogP contribution is 2.18. The summed E-state index contributed by atoms with van der Waals surface area (Å²) in [6.45, 7) is 11.1. The van der Waals surface area contributed by atoms with Crippen LogP contribution >= 0.6 is 0 Å². The third-order valence-corrected chi connectivity index (χ3v) is 4.33. The van der Waals surface area contributed by atoms with E-state index in [-0.39, 0.29) is 30.7 Å². The molecule has 30 heavy (non-hydrogen) atoms. The number of nitrogens with zero attached hydrogens (tertiary/aromatic N) is 1. The molecule has 8 nitrogen and oxygen atoms in total. The van der Waals surface area contributed by atoms with E-state index in [0.29, 0.717) is 37.7 Å². The molecule has 1 aromatic rings. The van der Waals surface area contributed by atoms with Gasteiger partial charge in [-0.1, -0.05) is 26.5 Å². The molecule has 1 heterocycles. The van der Waals surface area contributed by atoms with Gasteiger partial charge in [-0.2, -0.15) is 0 Å². The third-order valence-electron chi connectivity index (χ3n) is 4.33. The average molecular weight is 418 g/mol. The minimum absolute atomic E-state index is 0.00754. The first-order valence-corrected chi connectivity index (χ1v) is 10.1. The molecule has 1 fully saturated rings. The fourth-order valence-electron chi connectivity index (χ4n) is 2.90. The number of rotatable bonds is 10. The first-order valence-electron chi connectivity index (χ1n) is 10.1. The molecule has 0 spiro atoms. The third kappa shape index (κ3) is 7.87. The van der Waals surface area contributed by atoms with Crippen molar-refractivity contribution in [3.05, 3.63) is 36.4 Å². The molecule has 164 valence electrons. The highest BCUT2D eigenvalue weighted by atomic mass is 16.5. The molecule has 1 aliphatic rings. The molecule has 8 heteroatoms. The summed E-state index contributed by atoms with van der Waals surface area (Å²) in [5.74, 6) is -0.156. The normalized spacial score (nSPS) is 16.7. The Labute approximate surface area is 177 Å². The fraction of sp³-hybridized carbons (Fsp3) is 0.500. The molecule has 1 aliphatic heterocycles. The van der Waals surface area contributed by atoms with E-state index in [0.717, 1.165) is 5.57 Å². The van der Waals surface area contributed by atoms with Gasteiger partial charge in [0.25, 0.3) is 0 Å². The van der Waals surface area contributed by atoms with E-state index < -0.39 is 12.0 Å². The standard InChI is InChI=1S/C22H31N3O5/c1-15(2)13-29-18-7-5-6-17(10-18)24-20(26)12-25-9-8-23-22(28)19(25)11-21(27)30-14-16(3)4/h5-7,10,16,19H,1,8-9,11-14H2,2-4H3,(H,23,28)(H,24,26). The number of anilines is 1. The minimum atomic E-state index is -0.727. The Kier molecular flexibility index (Phi) is 8.86. The van der Waals surface area contributed by atoms with Gasteiger partial charge >= 0.3 is 5.97 Å². The van der Waals surface area contributed by atoms with Gasteiger partial charge in [0.1, 0.15) is 18.4 Å². The summed E-state index contributed by atoms with van der Waals surface area (Å²) < 4.78 is 10.8. The van der Waals surface area contributed by atoms with Gasteiger partial charge in [-0.25, -0.2) is 0 Å². The molecular weight excluding hydrogens is 386 g/mol. The minimum Gasteiger partial charge on any atom is -0.489 e. The van der Waals surface area contributed by atoms with Crippen LogP contribution in [0.25, 0.3) is 0 Å². The number of amides is 2. The maximum atomic E-state index is 12.6. The van der Waals surface area contributed by atoms with Crippen LogP contribution in [0.2, 0.25) is 0 Å². The van der Waals surface area contributed by atoms with Gasteiger partial charge in [0.15, 0.2) is 0 Å². The quantitative estimate of drug-likeness (QED) is 0.446.